The molecule has 0 aromatic heterocycles. The van der Waals surface area contributed by atoms with Crippen LogP contribution in [0.3, 0.4) is 0 Å². The van der Waals surface area contributed by atoms with Crippen molar-refractivity contribution in [1.29, 1.82) is 0 Å². The summed E-state index contributed by atoms with van der Waals surface area (Å²) in [5.74, 6) is -0.935. The fraction of sp³-hybridized carbons (Fsp3) is 0.267. The van der Waals surface area contributed by atoms with E-state index in [0.29, 0.717) is 0 Å². The first-order valence-electron chi connectivity index (χ1n) is 5.82. The van der Waals surface area contributed by atoms with Gasteiger partial charge in [-0.05, 0) is 38.1 Å². The summed E-state index contributed by atoms with van der Waals surface area (Å²) in [5, 5.41) is 11.7. The quantitative estimate of drug-likeness (QED) is 0.784. The number of carboxylic acid groups (broad SMARTS) is 1. The highest BCUT2D eigenvalue weighted by Crippen LogP contribution is 2.11. The number of nitrogens with one attached hydrogen (secondary N) is 1. The van der Waals surface area contributed by atoms with Gasteiger partial charge in [0.15, 0.2) is 0 Å². The maximum absolute atomic E-state index is 10.4. The molecule has 2 N–H and O–H groups in total. The average Bonchev–Trinajstić information content (AvgIpc) is 2.35. The summed E-state index contributed by atoms with van der Waals surface area (Å²) < 4.78 is 0. The molecule has 0 aliphatic heterocycles. The van der Waals surface area contributed by atoms with E-state index in [4.69, 9.17) is 5.11 Å². The first-order valence-corrected chi connectivity index (χ1v) is 5.82. The van der Waals surface area contributed by atoms with E-state index in [0.717, 1.165) is 17.2 Å². The second-order valence-corrected chi connectivity index (χ2v) is 4.64. The molecule has 3 heteroatoms. The lowest BCUT2D eigenvalue weighted by Gasteiger charge is -2.18. The van der Waals surface area contributed by atoms with Gasteiger partial charge in [0, 0.05) is 11.6 Å². The molecule has 3 nitrogen and oxygen atoms in total. The van der Waals surface area contributed by atoms with Crippen molar-refractivity contribution in [2.24, 2.45) is 0 Å². The Kier molecular flexibility index (Phi) is 4.86. The number of carbonyl (C=O) groups is 1. The average molecular weight is 245 g/mol. The van der Waals surface area contributed by atoms with Gasteiger partial charge < -0.3 is 10.4 Å². The zero-order valence-corrected chi connectivity index (χ0v) is 11.0. The molecule has 0 bridgehead atoms. The molecule has 0 saturated heterocycles. The number of likely N-dealkylation sites (N-methyl/N-ethyl adjacent to an activating group) is 1. The highest BCUT2D eigenvalue weighted by Gasteiger charge is 2.08. The van der Waals surface area contributed by atoms with E-state index in [1.54, 1.807) is 6.08 Å². The minimum atomic E-state index is -0.935. The van der Waals surface area contributed by atoms with Crippen molar-refractivity contribution in [1.82, 2.24) is 5.32 Å². The molecule has 1 rings (SSSR count). The topological polar surface area (TPSA) is 49.3 Å². The molecular formula is C15H19NO2. The molecule has 1 aromatic rings. The Morgan fingerprint density at radius 1 is 1.17 bits per heavy atom. The molecule has 1 aromatic carbocycles. The zero-order valence-electron chi connectivity index (χ0n) is 11.0. The fourth-order valence-electron chi connectivity index (χ4n) is 1.27. The van der Waals surface area contributed by atoms with Gasteiger partial charge in [0.1, 0.15) is 0 Å². The fourth-order valence-corrected chi connectivity index (χ4v) is 1.27. The summed E-state index contributed by atoms with van der Waals surface area (Å²) in [5.41, 5.74) is 1.93. The van der Waals surface area contributed by atoms with Gasteiger partial charge in [-0.2, -0.15) is 0 Å². The number of aliphatic carboxylic acids is 1. The van der Waals surface area contributed by atoms with E-state index in [2.05, 4.69) is 25.2 Å². The third-order valence-electron chi connectivity index (χ3n) is 2.69. The van der Waals surface area contributed by atoms with Gasteiger partial charge in [0.05, 0.1) is 0 Å². The largest absolute Gasteiger partial charge is 0.478 e. The first-order chi connectivity index (χ1) is 8.43. The van der Waals surface area contributed by atoms with Crippen molar-refractivity contribution >= 4 is 18.1 Å². The van der Waals surface area contributed by atoms with Gasteiger partial charge in [0.25, 0.3) is 0 Å². The normalized spacial score (nSPS) is 12.4. The van der Waals surface area contributed by atoms with Crippen LogP contribution in [0.5, 0.6) is 0 Å². The molecule has 0 heterocycles. The summed E-state index contributed by atoms with van der Waals surface area (Å²) in [7, 11) is 1.92. The zero-order chi connectivity index (χ0) is 13.6. The van der Waals surface area contributed by atoms with Crippen LogP contribution in [0.1, 0.15) is 25.0 Å². The van der Waals surface area contributed by atoms with Crippen molar-refractivity contribution < 1.29 is 9.90 Å². The van der Waals surface area contributed by atoms with Crippen LogP contribution in [0, 0.1) is 0 Å². The predicted octanol–water partition coefficient (Wildman–Crippen LogP) is 2.80. The molecule has 0 spiro atoms. The minimum Gasteiger partial charge on any atom is -0.478 e. The minimum absolute atomic E-state index is 0.0398. The van der Waals surface area contributed by atoms with E-state index < -0.39 is 5.97 Å². The maximum Gasteiger partial charge on any atom is 0.328 e. The lowest BCUT2D eigenvalue weighted by molar-refractivity contribution is -0.131. The van der Waals surface area contributed by atoms with Crippen LogP contribution in [-0.2, 0) is 4.79 Å². The molecule has 0 aliphatic rings. The molecule has 0 atom stereocenters. The molecule has 0 saturated carbocycles. The predicted molar refractivity (Wildman–Crippen MR) is 75.3 cm³/mol. The third-order valence-corrected chi connectivity index (χ3v) is 2.69. The number of hydrogen-bond donors (Lipinski definition) is 2. The second-order valence-electron chi connectivity index (χ2n) is 4.64. The SMILES string of the molecule is CNC(C)(C)/C=C/c1ccc(/C=C/C(=O)O)cc1. The number of benzene rings is 1. The molecule has 0 amide bonds. The smallest absolute Gasteiger partial charge is 0.328 e. The first kappa shape index (κ1) is 14.2. The molecule has 0 aliphatic carbocycles. The van der Waals surface area contributed by atoms with Crippen molar-refractivity contribution in [3.05, 3.63) is 47.5 Å². The van der Waals surface area contributed by atoms with Gasteiger partial charge in [-0.3, -0.25) is 0 Å². The van der Waals surface area contributed by atoms with Crippen LogP contribution in [0.4, 0.5) is 0 Å². The van der Waals surface area contributed by atoms with Crippen molar-refractivity contribution in [2.75, 3.05) is 7.05 Å². The number of carboxylic acids is 1. The molecule has 0 fully saturated rings. The Hall–Kier alpha value is -1.87. The summed E-state index contributed by atoms with van der Waals surface area (Å²) in [6, 6.07) is 7.71. The van der Waals surface area contributed by atoms with Gasteiger partial charge in [-0.15, -0.1) is 0 Å². The number of rotatable bonds is 5. The van der Waals surface area contributed by atoms with Gasteiger partial charge in [-0.25, -0.2) is 4.79 Å². The molecule has 0 radical (unpaired) electrons. The van der Waals surface area contributed by atoms with E-state index in [1.165, 1.54) is 0 Å². The Morgan fingerprint density at radius 2 is 1.67 bits per heavy atom. The van der Waals surface area contributed by atoms with E-state index >= 15 is 0 Å². The standard InChI is InChI=1S/C15H19NO2/c1-15(2,16-3)11-10-13-6-4-12(5-7-13)8-9-14(17)18/h4-11,16H,1-3H3,(H,17,18)/b9-8+,11-10+. The lowest BCUT2D eigenvalue weighted by atomic mass is 10.0. The van der Waals surface area contributed by atoms with Crippen molar-refractivity contribution in [2.45, 2.75) is 19.4 Å². The Morgan fingerprint density at radius 3 is 2.11 bits per heavy atom. The van der Waals surface area contributed by atoms with Gasteiger partial charge in [-0.1, -0.05) is 36.4 Å². The van der Waals surface area contributed by atoms with Crippen LogP contribution in [-0.4, -0.2) is 23.7 Å². The van der Waals surface area contributed by atoms with Crippen LogP contribution in [0.25, 0.3) is 12.2 Å². The maximum atomic E-state index is 10.4. The van der Waals surface area contributed by atoms with E-state index in [1.807, 2.05) is 37.4 Å². The van der Waals surface area contributed by atoms with Crippen molar-refractivity contribution in [3.8, 4) is 0 Å². The summed E-state index contributed by atoms with van der Waals surface area (Å²) in [6.07, 6.45) is 6.85. The van der Waals surface area contributed by atoms with E-state index in [-0.39, 0.29) is 5.54 Å². The number of hydrogen-bond acceptors (Lipinski definition) is 2. The summed E-state index contributed by atoms with van der Waals surface area (Å²) >= 11 is 0. The van der Waals surface area contributed by atoms with Crippen LogP contribution in [0.2, 0.25) is 0 Å². The highest BCUT2D eigenvalue weighted by atomic mass is 16.4. The van der Waals surface area contributed by atoms with Crippen molar-refractivity contribution in [3.63, 3.8) is 0 Å². The Balaban J connectivity index is 2.75. The molecular weight excluding hydrogens is 226 g/mol. The van der Waals surface area contributed by atoms with Gasteiger partial charge in [0.2, 0.25) is 0 Å². The highest BCUT2D eigenvalue weighted by molar-refractivity contribution is 5.85. The third kappa shape index (κ3) is 4.97. The van der Waals surface area contributed by atoms with E-state index in [9.17, 15) is 4.79 Å². The molecule has 96 valence electrons. The lowest BCUT2D eigenvalue weighted by Crippen LogP contribution is -2.33. The van der Waals surface area contributed by atoms with Crippen LogP contribution >= 0.6 is 0 Å². The van der Waals surface area contributed by atoms with Gasteiger partial charge >= 0.3 is 5.97 Å². The Labute approximate surface area is 108 Å². The Bertz CT molecular complexity index is 456. The molecule has 18 heavy (non-hydrogen) atoms. The monoisotopic (exact) mass is 245 g/mol. The summed E-state index contributed by atoms with van der Waals surface area (Å²) in [6.45, 7) is 4.18. The second kappa shape index (κ2) is 6.17. The van der Waals surface area contributed by atoms with Crippen LogP contribution in [0.15, 0.2) is 36.4 Å². The van der Waals surface area contributed by atoms with Crippen LogP contribution < -0.4 is 5.32 Å². The summed E-state index contributed by atoms with van der Waals surface area (Å²) in [4.78, 5) is 10.4. The molecule has 0 unspecified atom stereocenters.